The molecule has 1 saturated carbocycles. The van der Waals surface area contributed by atoms with Gasteiger partial charge in [-0.25, -0.2) is 21.9 Å². The number of halogens is 2. The summed E-state index contributed by atoms with van der Waals surface area (Å²) in [5.41, 5.74) is 0. The minimum atomic E-state index is -4.22. The highest BCUT2D eigenvalue weighted by molar-refractivity contribution is 7.89. The fourth-order valence-electron chi connectivity index (χ4n) is 1.70. The third kappa shape index (κ3) is 2.46. The Morgan fingerprint density at radius 1 is 1.24 bits per heavy atom. The Hall–Kier alpha value is -1.05. The van der Waals surface area contributed by atoms with E-state index < -0.39 is 38.7 Å². The van der Waals surface area contributed by atoms with Gasteiger partial charge in [-0.15, -0.1) is 0 Å². The lowest BCUT2D eigenvalue weighted by atomic mass is 9.91. The molecule has 1 aromatic rings. The Morgan fingerprint density at radius 2 is 1.76 bits per heavy atom. The van der Waals surface area contributed by atoms with Gasteiger partial charge in [-0.05, 0) is 25.0 Å². The summed E-state index contributed by atoms with van der Waals surface area (Å²) in [6.45, 7) is 0. The fraction of sp³-hybridized carbons (Fsp3) is 0.400. The SMILES string of the molecule is O=S(=O)(NC1CC(O)C1)c1c(F)cccc1F. The second-order valence-electron chi connectivity index (χ2n) is 3.99. The summed E-state index contributed by atoms with van der Waals surface area (Å²) in [5.74, 6) is -2.25. The molecule has 94 valence electrons. The van der Waals surface area contributed by atoms with Crippen LogP contribution in [-0.2, 0) is 10.0 Å². The lowest BCUT2D eigenvalue weighted by molar-refractivity contribution is 0.0711. The Bertz CT molecular complexity index is 506. The van der Waals surface area contributed by atoms with Gasteiger partial charge >= 0.3 is 0 Å². The lowest BCUT2D eigenvalue weighted by Crippen LogP contribution is -2.46. The standard InChI is InChI=1S/C10H11F2NO3S/c11-8-2-1-3-9(12)10(8)17(15,16)13-6-4-7(14)5-6/h1-3,6-7,13-14H,4-5H2. The summed E-state index contributed by atoms with van der Waals surface area (Å²) in [5, 5.41) is 9.01. The minimum absolute atomic E-state index is 0.259. The molecule has 17 heavy (non-hydrogen) atoms. The van der Waals surface area contributed by atoms with Gasteiger partial charge in [0.25, 0.3) is 0 Å². The maximum absolute atomic E-state index is 13.3. The van der Waals surface area contributed by atoms with Crippen LogP contribution >= 0.6 is 0 Å². The molecule has 2 N–H and O–H groups in total. The van der Waals surface area contributed by atoms with E-state index in [0.29, 0.717) is 0 Å². The van der Waals surface area contributed by atoms with Crippen LogP contribution in [0.5, 0.6) is 0 Å². The van der Waals surface area contributed by atoms with E-state index in [1.807, 2.05) is 0 Å². The molecule has 1 fully saturated rings. The minimum Gasteiger partial charge on any atom is -0.393 e. The van der Waals surface area contributed by atoms with Gasteiger partial charge in [-0.2, -0.15) is 0 Å². The predicted octanol–water partition coefficient (Wildman–Crippen LogP) is 0.766. The molecule has 7 heteroatoms. The van der Waals surface area contributed by atoms with Crippen molar-refractivity contribution < 1.29 is 22.3 Å². The van der Waals surface area contributed by atoms with Gasteiger partial charge in [0, 0.05) is 6.04 Å². The zero-order chi connectivity index (χ0) is 12.6. The molecule has 0 aromatic heterocycles. The van der Waals surface area contributed by atoms with E-state index in [4.69, 9.17) is 5.11 Å². The number of aliphatic hydroxyl groups excluding tert-OH is 1. The van der Waals surface area contributed by atoms with Crippen molar-refractivity contribution in [1.82, 2.24) is 4.72 Å². The average Bonchev–Trinajstić information content (AvgIpc) is 2.14. The van der Waals surface area contributed by atoms with E-state index >= 15 is 0 Å². The predicted molar refractivity (Wildman–Crippen MR) is 55.7 cm³/mol. The van der Waals surface area contributed by atoms with Gasteiger partial charge in [0.15, 0.2) is 4.90 Å². The number of sulfonamides is 1. The molecular formula is C10H11F2NO3S. The van der Waals surface area contributed by atoms with Crippen LogP contribution in [0.2, 0.25) is 0 Å². The van der Waals surface area contributed by atoms with Gasteiger partial charge in [-0.1, -0.05) is 6.07 Å². The number of aliphatic hydroxyl groups is 1. The van der Waals surface area contributed by atoms with Crippen molar-refractivity contribution in [2.45, 2.75) is 29.9 Å². The van der Waals surface area contributed by atoms with Gasteiger partial charge in [-0.3, -0.25) is 0 Å². The van der Waals surface area contributed by atoms with E-state index in [0.717, 1.165) is 18.2 Å². The van der Waals surface area contributed by atoms with Gasteiger partial charge in [0.1, 0.15) is 11.6 Å². The molecule has 1 aliphatic carbocycles. The monoisotopic (exact) mass is 263 g/mol. The third-order valence-electron chi connectivity index (χ3n) is 2.62. The summed E-state index contributed by atoms with van der Waals surface area (Å²) in [4.78, 5) is -0.971. The molecule has 0 radical (unpaired) electrons. The highest BCUT2D eigenvalue weighted by Gasteiger charge is 2.33. The van der Waals surface area contributed by atoms with Crippen molar-refractivity contribution in [2.75, 3.05) is 0 Å². The van der Waals surface area contributed by atoms with Crippen molar-refractivity contribution in [3.63, 3.8) is 0 Å². The first kappa shape index (κ1) is 12.4. The maximum atomic E-state index is 13.3. The molecule has 0 heterocycles. The second-order valence-corrected chi connectivity index (χ2v) is 5.65. The van der Waals surface area contributed by atoms with Crippen LogP contribution in [0.3, 0.4) is 0 Å². The molecule has 4 nitrogen and oxygen atoms in total. The zero-order valence-corrected chi connectivity index (χ0v) is 9.55. The van der Waals surface area contributed by atoms with Crippen LogP contribution in [0.25, 0.3) is 0 Å². The van der Waals surface area contributed by atoms with Crippen LogP contribution in [0.15, 0.2) is 23.1 Å². The molecule has 2 rings (SSSR count). The Balaban J connectivity index is 2.26. The number of hydrogen-bond donors (Lipinski definition) is 2. The third-order valence-corrected chi connectivity index (χ3v) is 4.19. The largest absolute Gasteiger partial charge is 0.393 e. The molecule has 1 aromatic carbocycles. The van der Waals surface area contributed by atoms with Crippen molar-refractivity contribution >= 4 is 10.0 Å². The van der Waals surface area contributed by atoms with Gasteiger partial charge in [0.2, 0.25) is 10.0 Å². The first-order valence-electron chi connectivity index (χ1n) is 5.04. The van der Waals surface area contributed by atoms with E-state index in [1.54, 1.807) is 0 Å². The molecule has 0 saturated heterocycles. The summed E-state index contributed by atoms with van der Waals surface area (Å²) in [6.07, 6.45) is -0.0295. The summed E-state index contributed by atoms with van der Waals surface area (Å²) < 4.78 is 52.1. The number of benzene rings is 1. The van der Waals surface area contributed by atoms with Crippen molar-refractivity contribution in [3.05, 3.63) is 29.8 Å². The molecule has 1 aliphatic rings. The Labute approximate surface area is 97.3 Å². The van der Waals surface area contributed by atoms with Gasteiger partial charge < -0.3 is 5.11 Å². The van der Waals surface area contributed by atoms with E-state index in [9.17, 15) is 17.2 Å². The van der Waals surface area contributed by atoms with Crippen LogP contribution in [-0.4, -0.2) is 25.7 Å². The van der Waals surface area contributed by atoms with Gasteiger partial charge in [0.05, 0.1) is 6.10 Å². The topological polar surface area (TPSA) is 66.4 Å². The normalized spacial score (nSPS) is 24.4. The smallest absolute Gasteiger partial charge is 0.246 e. The lowest BCUT2D eigenvalue weighted by Gasteiger charge is -2.31. The maximum Gasteiger partial charge on any atom is 0.246 e. The summed E-state index contributed by atoms with van der Waals surface area (Å²) in [7, 11) is -4.22. The molecule has 0 unspecified atom stereocenters. The molecule has 0 spiro atoms. The van der Waals surface area contributed by atoms with Crippen molar-refractivity contribution in [3.8, 4) is 0 Å². The molecule has 0 aliphatic heterocycles. The van der Waals surface area contributed by atoms with Crippen LogP contribution < -0.4 is 4.72 Å². The molecule has 0 amide bonds. The number of nitrogens with one attached hydrogen (secondary N) is 1. The average molecular weight is 263 g/mol. The summed E-state index contributed by atoms with van der Waals surface area (Å²) in [6, 6.07) is 2.39. The molecule has 0 atom stereocenters. The van der Waals surface area contributed by atoms with Crippen LogP contribution in [0, 0.1) is 11.6 Å². The van der Waals surface area contributed by atoms with E-state index in [2.05, 4.69) is 4.72 Å². The molecular weight excluding hydrogens is 252 g/mol. The quantitative estimate of drug-likeness (QED) is 0.846. The highest BCUT2D eigenvalue weighted by atomic mass is 32.2. The fourth-order valence-corrected chi connectivity index (χ4v) is 3.10. The van der Waals surface area contributed by atoms with Crippen LogP contribution in [0.1, 0.15) is 12.8 Å². The van der Waals surface area contributed by atoms with Crippen molar-refractivity contribution in [2.24, 2.45) is 0 Å². The first-order chi connectivity index (χ1) is 7.90. The van der Waals surface area contributed by atoms with Crippen LogP contribution in [0.4, 0.5) is 8.78 Å². The van der Waals surface area contributed by atoms with Crippen molar-refractivity contribution in [1.29, 1.82) is 0 Å². The van der Waals surface area contributed by atoms with E-state index in [-0.39, 0.29) is 12.8 Å². The molecule has 0 bridgehead atoms. The first-order valence-corrected chi connectivity index (χ1v) is 6.53. The Kier molecular flexibility index (Phi) is 3.15. The summed E-state index contributed by atoms with van der Waals surface area (Å²) >= 11 is 0. The number of rotatable bonds is 3. The number of hydrogen-bond acceptors (Lipinski definition) is 3. The highest BCUT2D eigenvalue weighted by Crippen LogP contribution is 2.24. The second kappa shape index (κ2) is 4.32. The van der Waals surface area contributed by atoms with E-state index in [1.165, 1.54) is 0 Å². The zero-order valence-electron chi connectivity index (χ0n) is 8.73. The Morgan fingerprint density at radius 3 is 2.24 bits per heavy atom.